The molecule has 0 unspecified atom stereocenters. The lowest BCUT2D eigenvalue weighted by atomic mass is 10.1. The third-order valence-corrected chi connectivity index (χ3v) is 4.87. The summed E-state index contributed by atoms with van der Waals surface area (Å²) < 4.78 is 24.7. The fourth-order valence-corrected chi connectivity index (χ4v) is 3.16. The van der Waals surface area contributed by atoms with Crippen LogP contribution in [0.25, 0.3) is 0 Å². The van der Waals surface area contributed by atoms with Crippen molar-refractivity contribution in [2.24, 2.45) is 0 Å². The molecule has 1 saturated heterocycles. The Morgan fingerprint density at radius 3 is 2.62 bits per heavy atom. The second-order valence-electron chi connectivity index (χ2n) is 5.74. The number of nitrogens with zero attached hydrogens (tertiary/aromatic N) is 1. The molecule has 3 rings (SSSR count). The van der Waals surface area contributed by atoms with E-state index in [0.717, 1.165) is 30.9 Å². The SMILES string of the molecule is CSc1ccc(OCCN2CCO[C@H](c3ccc(F)cc3)C2)cc1. The predicted molar refractivity (Wildman–Crippen MR) is 95.3 cm³/mol. The van der Waals surface area contributed by atoms with Crippen molar-refractivity contribution >= 4 is 11.8 Å². The number of morpholine rings is 1. The zero-order valence-corrected chi connectivity index (χ0v) is 14.6. The number of ether oxygens (including phenoxy) is 2. The first-order valence-electron chi connectivity index (χ1n) is 8.11. The summed E-state index contributed by atoms with van der Waals surface area (Å²) in [4.78, 5) is 3.56. The van der Waals surface area contributed by atoms with Gasteiger partial charge in [-0.15, -0.1) is 11.8 Å². The van der Waals surface area contributed by atoms with E-state index in [2.05, 4.69) is 23.3 Å². The molecule has 1 heterocycles. The Labute approximate surface area is 146 Å². The summed E-state index contributed by atoms with van der Waals surface area (Å²) in [5.41, 5.74) is 1.02. The molecule has 3 nitrogen and oxygen atoms in total. The van der Waals surface area contributed by atoms with Crippen molar-refractivity contribution in [1.29, 1.82) is 0 Å². The lowest BCUT2D eigenvalue weighted by Crippen LogP contribution is -2.40. The maximum Gasteiger partial charge on any atom is 0.123 e. The number of benzene rings is 2. The minimum Gasteiger partial charge on any atom is -0.492 e. The van der Waals surface area contributed by atoms with Crippen LogP contribution in [0.15, 0.2) is 53.4 Å². The van der Waals surface area contributed by atoms with E-state index in [9.17, 15) is 4.39 Å². The first kappa shape index (κ1) is 17.3. The Bertz CT molecular complexity index is 633. The van der Waals surface area contributed by atoms with Crippen molar-refractivity contribution < 1.29 is 13.9 Å². The highest BCUT2D eigenvalue weighted by Crippen LogP contribution is 2.23. The fraction of sp³-hybridized carbons (Fsp3) is 0.368. The third-order valence-electron chi connectivity index (χ3n) is 4.13. The van der Waals surface area contributed by atoms with Gasteiger partial charge in [0.1, 0.15) is 18.2 Å². The average Bonchev–Trinajstić information content (AvgIpc) is 2.63. The van der Waals surface area contributed by atoms with Gasteiger partial charge in [0.2, 0.25) is 0 Å². The molecule has 0 bridgehead atoms. The van der Waals surface area contributed by atoms with E-state index in [-0.39, 0.29) is 11.9 Å². The van der Waals surface area contributed by atoms with Gasteiger partial charge in [-0.2, -0.15) is 0 Å². The van der Waals surface area contributed by atoms with Crippen LogP contribution in [0.5, 0.6) is 5.75 Å². The normalized spacial score (nSPS) is 18.5. The average molecular weight is 347 g/mol. The Morgan fingerprint density at radius 1 is 1.17 bits per heavy atom. The molecular formula is C19H22FNO2S. The van der Waals surface area contributed by atoms with Crippen LogP contribution >= 0.6 is 11.8 Å². The highest BCUT2D eigenvalue weighted by molar-refractivity contribution is 7.98. The largest absolute Gasteiger partial charge is 0.492 e. The second-order valence-corrected chi connectivity index (χ2v) is 6.62. The molecule has 0 saturated carbocycles. The highest BCUT2D eigenvalue weighted by Gasteiger charge is 2.21. The fourth-order valence-electron chi connectivity index (χ4n) is 2.75. The van der Waals surface area contributed by atoms with E-state index >= 15 is 0 Å². The van der Waals surface area contributed by atoms with Gasteiger partial charge in [0.15, 0.2) is 0 Å². The zero-order valence-electron chi connectivity index (χ0n) is 13.8. The van der Waals surface area contributed by atoms with Crippen LogP contribution in [0.1, 0.15) is 11.7 Å². The van der Waals surface area contributed by atoms with Gasteiger partial charge in [0, 0.05) is 24.5 Å². The summed E-state index contributed by atoms with van der Waals surface area (Å²) in [5.74, 6) is 0.684. The number of hydrogen-bond donors (Lipinski definition) is 0. The Balaban J connectivity index is 1.47. The summed E-state index contributed by atoms with van der Waals surface area (Å²) in [7, 11) is 0. The Hall–Kier alpha value is -1.56. The molecule has 0 aromatic heterocycles. The van der Waals surface area contributed by atoms with Crippen LogP contribution in [0.2, 0.25) is 0 Å². The van der Waals surface area contributed by atoms with E-state index in [4.69, 9.17) is 9.47 Å². The van der Waals surface area contributed by atoms with Gasteiger partial charge >= 0.3 is 0 Å². The molecule has 1 aliphatic heterocycles. The summed E-state index contributed by atoms with van der Waals surface area (Å²) >= 11 is 1.72. The third kappa shape index (κ3) is 4.72. The standard InChI is InChI=1S/C19H22FNO2S/c1-24-18-8-6-17(7-9-18)22-12-10-21-11-13-23-19(14-21)15-2-4-16(20)5-3-15/h2-9,19H,10-14H2,1H3/t19-/m0/s1. The quantitative estimate of drug-likeness (QED) is 0.736. The molecule has 1 fully saturated rings. The van der Waals surface area contributed by atoms with Crippen LogP contribution in [0.3, 0.4) is 0 Å². The van der Waals surface area contributed by atoms with Crippen LogP contribution in [0.4, 0.5) is 4.39 Å². The lowest BCUT2D eigenvalue weighted by Gasteiger charge is -2.33. The molecule has 0 radical (unpaired) electrons. The smallest absolute Gasteiger partial charge is 0.123 e. The van der Waals surface area contributed by atoms with Gasteiger partial charge in [-0.1, -0.05) is 12.1 Å². The van der Waals surface area contributed by atoms with Crippen molar-refractivity contribution in [1.82, 2.24) is 4.90 Å². The van der Waals surface area contributed by atoms with E-state index in [1.54, 1.807) is 23.9 Å². The monoisotopic (exact) mass is 347 g/mol. The number of halogens is 1. The van der Waals surface area contributed by atoms with E-state index < -0.39 is 0 Å². The van der Waals surface area contributed by atoms with Crippen molar-refractivity contribution in [2.75, 3.05) is 39.1 Å². The van der Waals surface area contributed by atoms with Gasteiger partial charge in [0.25, 0.3) is 0 Å². The van der Waals surface area contributed by atoms with Crippen molar-refractivity contribution in [3.63, 3.8) is 0 Å². The lowest BCUT2D eigenvalue weighted by molar-refractivity contribution is -0.0329. The van der Waals surface area contributed by atoms with Crippen molar-refractivity contribution in [2.45, 2.75) is 11.0 Å². The molecule has 0 amide bonds. The molecule has 2 aromatic carbocycles. The van der Waals surface area contributed by atoms with Gasteiger partial charge in [-0.25, -0.2) is 4.39 Å². The second kappa shape index (κ2) is 8.51. The maximum atomic E-state index is 13.0. The number of rotatable bonds is 6. The first-order chi connectivity index (χ1) is 11.7. The summed E-state index contributed by atoms with van der Waals surface area (Å²) in [6, 6.07) is 14.7. The number of thioether (sulfide) groups is 1. The topological polar surface area (TPSA) is 21.7 Å². The zero-order chi connectivity index (χ0) is 16.8. The number of hydrogen-bond acceptors (Lipinski definition) is 4. The molecule has 1 atom stereocenters. The first-order valence-corrected chi connectivity index (χ1v) is 9.33. The van der Waals surface area contributed by atoms with E-state index in [1.165, 1.54) is 17.0 Å². The molecule has 128 valence electrons. The molecule has 5 heteroatoms. The predicted octanol–water partition coefficient (Wildman–Crippen LogP) is 4.00. The van der Waals surface area contributed by atoms with Crippen LogP contribution < -0.4 is 4.74 Å². The Morgan fingerprint density at radius 2 is 1.92 bits per heavy atom. The molecule has 2 aromatic rings. The molecule has 1 aliphatic rings. The van der Waals surface area contributed by atoms with Crippen molar-refractivity contribution in [3.05, 3.63) is 59.9 Å². The molecule has 0 spiro atoms. The summed E-state index contributed by atoms with van der Waals surface area (Å²) in [6.07, 6.45) is 2.06. The van der Waals surface area contributed by atoms with E-state index in [0.29, 0.717) is 13.2 Å². The van der Waals surface area contributed by atoms with Crippen LogP contribution in [0, 0.1) is 5.82 Å². The van der Waals surface area contributed by atoms with Crippen LogP contribution in [-0.2, 0) is 4.74 Å². The summed E-state index contributed by atoms with van der Waals surface area (Å²) in [6.45, 7) is 3.89. The van der Waals surface area contributed by atoms with Crippen molar-refractivity contribution in [3.8, 4) is 5.75 Å². The highest BCUT2D eigenvalue weighted by atomic mass is 32.2. The molecule has 0 aliphatic carbocycles. The van der Waals surface area contributed by atoms with E-state index in [1.807, 2.05) is 12.1 Å². The van der Waals surface area contributed by atoms with Gasteiger partial charge in [0.05, 0.1) is 12.7 Å². The minimum atomic E-state index is -0.215. The molecule has 0 N–H and O–H groups in total. The van der Waals surface area contributed by atoms with Gasteiger partial charge < -0.3 is 9.47 Å². The summed E-state index contributed by atoms with van der Waals surface area (Å²) in [5, 5.41) is 0. The van der Waals surface area contributed by atoms with Gasteiger partial charge in [-0.3, -0.25) is 4.90 Å². The Kier molecular flexibility index (Phi) is 6.12. The maximum absolute atomic E-state index is 13.0. The molecule has 24 heavy (non-hydrogen) atoms. The molecular weight excluding hydrogens is 325 g/mol. The van der Waals surface area contributed by atoms with Gasteiger partial charge in [-0.05, 0) is 48.2 Å². The van der Waals surface area contributed by atoms with Crippen LogP contribution in [-0.4, -0.2) is 44.0 Å². The minimum absolute atomic E-state index is 0.000197.